The van der Waals surface area contributed by atoms with Crippen LogP contribution in [0.15, 0.2) is 10.4 Å². The Labute approximate surface area is 151 Å². The minimum Gasteiger partial charge on any atom is -0.356 e. The summed E-state index contributed by atoms with van der Waals surface area (Å²) in [7, 11) is 1.63. The molecule has 0 spiro atoms. The van der Waals surface area contributed by atoms with Crippen LogP contribution in [0.5, 0.6) is 0 Å². The van der Waals surface area contributed by atoms with Crippen molar-refractivity contribution in [2.45, 2.75) is 58.9 Å². The Kier molecular flexibility index (Phi) is 8.64. The van der Waals surface area contributed by atoms with Gasteiger partial charge in [0.1, 0.15) is 5.01 Å². The fourth-order valence-corrected chi connectivity index (χ4v) is 3.22. The second kappa shape index (κ2) is 9.96. The third-order valence-corrected chi connectivity index (χ3v) is 4.53. The van der Waals surface area contributed by atoms with Crippen molar-refractivity contribution in [1.29, 1.82) is 0 Å². The highest BCUT2D eigenvalue weighted by Crippen LogP contribution is 2.29. The third kappa shape index (κ3) is 7.60. The van der Waals surface area contributed by atoms with E-state index in [0.29, 0.717) is 23.1 Å². The number of alkyl halides is 3. The molecule has 2 N–H and O–H groups in total. The molecule has 1 aromatic rings. The number of aromatic nitrogens is 1. The van der Waals surface area contributed by atoms with Gasteiger partial charge in [-0.25, -0.2) is 4.98 Å². The minimum absolute atomic E-state index is 0.213. The van der Waals surface area contributed by atoms with Crippen LogP contribution in [0.4, 0.5) is 13.2 Å². The van der Waals surface area contributed by atoms with E-state index in [2.05, 4.69) is 53.2 Å². The van der Waals surface area contributed by atoms with Gasteiger partial charge in [-0.3, -0.25) is 9.89 Å². The number of thiazole rings is 1. The Morgan fingerprint density at radius 3 is 2.36 bits per heavy atom. The quantitative estimate of drug-likeness (QED) is 0.413. The molecular formula is C16H28F3N5S. The maximum absolute atomic E-state index is 12.5. The Hall–Kier alpha value is -1.35. The lowest BCUT2D eigenvalue weighted by Gasteiger charge is -2.30. The second-order valence-electron chi connectivity index (χ2n) is 6.26. The molecule has 0 atom stereocenters. The molecule has 0 saturated carbocycles. The zero-order chi connectivity index (χ0) is 19.0. The Morgan fingerprint density at radius 1 is 1.24 bits per heavy atom. The molecule has 9 heteroatoms. The molecule has 0 amide bonds. The second-order valence-corrected chi connectivity index (χ2v) is 7.20. The van der Waals surface area contributed by atoms with Crippen LogP contribution in [0.1, 0.15) is 44.8 Å². The molecule has 0 unspecified atom stereocenters. The average Bonchev–Trinajstić information content (AvgIpc) is 2.98. The van der Waals surface area contributed by atoms with Crippen LogP contribution >= 0.6 is 11.3 Å². The van der Waals surface area contributed by atoms with Crippen molar-refractivity contribution in [3.05, 3.63) is 16.1 Å². The smallest absolute Gasteiger partial charge is 0.356 e. The van der Waals surface area contributed by atoms with Crippen molar-refractivity contribution in [2.24, 2.45) is 4.99 Å². The van der Waals surface area contributed by atoms with Crippen molar-refractivity contribution in [3.8, 4) is 0 Å². The van der Waals surface area contributed by atoms with Gasteiger partial charge in [0, 0.05) is 37.6 Å². The molecule has 0 fully saturated rings. The van der Waals surface area contributed by atoms with Crippen molar-refractivity contribution in [2.75, 3.05) is 20.1 Å². The Balaban J connectivity index is 2.37. The van der Waals surface area contributed by atoms with Crippen LogP contribution in [0.25, 0.3) is 0 Å². The van der Waals surface area contributed by atoms with E-state index >= 15 is 0 Å². The minimum atomic E-state index is -4.40. The number of aliphatic imine (C=N–C) groups is 1. The summed E-state index contributed by atoms with van der Waals surface area (Å²) >= 11 is 0.984. The van der Waals surface area contributed by atoms with E-state index in [0.717, 1.165) is 36.2 Å². The standard InChI is InChI=1S/C16H28F3N5S/c1-11(2)24(12(3)4)8-6-7-21-15(20-5)22-9-14-23-13(10-25-14)16(17,18)19/h10-12H,6-9H2,1-5H3,(H2,20,21,22). The fraction of sp³-hybridized carbons (Fsp3) is 0.750. The van der Waals surface area contributed by atoms with Crippen LogP contribution in [0, 0.1) is 0 Å². The van der Waals surface area contributed by atoms with E-state index in [4.69, 9.17) is 0 Å². The van der Waals surface area contributed by atoms with E-state index in [9.17, 15) is 13.2 Å². The van der Waals surface area contributed by atoms with Crippen molar-refractivity contribution < 1.29 is 13.2 Å². The molecule has 1 heterocycles. The highest BCUT2D eigenvalue weighted by molar-refractivity contribution is 7.09. The molecule has 25 heavy (non-hydrogen) atoms. The predicted octanol–water partition coefficient (Wildman–Crippen LogP) is 3.34. The lowest BCUT2D eigenvalue weighted by atomic mass is 10.2. The number of hydrogen-bond acceptors (Lipinski definition) is 4. The molecular weight excluding hydrogens is 351 g/mol. The molecule has 0 aromatic carbocycles. The Morgan fingerprint density at radius 2 is 1.88 bits per heavy atom. The topological polar surface area (TPSA) is 52.6 Å². The lowest BCUT2D eigenvalue weighted by molar-refractivity contribution is -0.140. The van der Waals surface area contributed by atoms with Crippen LogP contribution in [-0.4, -0.2) is 48.1 Å². The maximum atomic E-state index is 12.5. The van der Waals surface area contributed by atoms with Gasteiger partial charge in [0.05, 0.1) is 6.54 Å². The highest BCUT2D eigenvalue weighted by Gasteiger charge is 2.33. The molecule has 0 aliphatic rings. The molecule has 0 saturated heterocycles. The first-order valence-corrected chi connectivity index (χ1v) is 9.25. The van der Waals surface area contributed by atoms with Crippen molar-refractivity contribution >= 4 is 17.3 Å². The van der Waals surface area contributed by atoms with Gasteiger partial charge in [-0.05, 0) is 34.1 Å². The Bertz CT molecular complexity index is 532. The van der Waals surface area contributed by atoms with E-state index < -0.39 is 11.9 Å². The summed E-state index contributed by atoms with van der Waals surface area (Å²) in [4.78, 5) is 10.1. The molecule has 5 nitrogen and oxygen atoms in total. The zero-order valence-electron chi connectivity index (χ0n) is 15.4. The van der Waals surface area contributed by atoms with Gasteiger partial charge in [-0.1, -0.05) is 0 Å². The normalized spacial score (nSPS) is 13.2. The van der Waals surface area contributed by atoms with Crippen LogP contribution in [0.3, 0.4) is 0 Å². The first-order chi connectivity index (χ1) is 11.6. The van der Waals surface area contributed by atoms with E-state index in [1.807, 2.05) is 0 Å². The number of rotatable bonds is 8. The van der Waals surface area contributed by atoms with Gasteiger partial charge in [0.25, 0.3) is 0 Å². The fourth-order valence-electron chi connectivity index (χ4n) is 2.48. The summed E-state index contributed by atoms with van der Waals surface area (Å²) in [5.41, 5.74) is -0.847. The average molecular weight is 379 g/mol. The molecule has 144 valence electrons. The molecule has 0 aliphatic carbocycles. The summed E-state index contributed by atoms with van der Waals surface area (Å²) in [6.45, 7) is 10.6. The maximum Gasteiger partial charge on any atom is 0.434 e. The van der Waals surface area contributed by atoms with E-state index in [1.54, 1.807) is 7.05 Å². The van der Waals surface area contributed by atoms with Crippen LogP contribution in [-0.2, 0) is 12.7 Å². The monoisotopic (exact) mass is 379 g/mol. The van der Waals surface area contributed by atoms with Crippen LogP contribution < -0.4 is 10.6 Å². The van der Waals surface area contributed by atoms with Crippen molar-refractivity contribution in [3.63, 3.8) is 0 Å². The number of guanidine groups is 1. The van der Waals surface area contributed by atoms with Gasteiger partial charge >= 0.3 is 6.18 Å². The first kappa shape index (κ1) is 21.7. The van der Waals surface area contributed by atoms with Crippen LogP contribution in [0.2, 0.25) is 0 Å². The zero-order valence-corrected chi connectivity index (χ0v) is 16.3. The number of nitrogens with one attached hydrogen (secondary N) is 2. The number of halogens is 3. The molecule has 0 bridgehead atoms. The molecule has 1 aromatic heterocycles. The first-order valence-electron chi connectivity index (χ1n) is 8.37. The summed E-state index contributed by atoms with van der Waals surface area (Å²) in [5, 5.41) is 7.57. The van der Waals surface area contributed by atoms with Gasteiger partial charge in [-0.2, -0.15) is 13.2 Å². The summed E-state index contributed by atoms with van der Waals surface area (Å²) in [6, 6.07) is 0.982. The summed E-state index contributed by atoms with van der Waals surface area (Å²) in [5.74, 6) is 0.560. The SMILES string of the molecule is CN=C(NCCCN(C(C)C)C(C)C)NCc1nc(C(F)(F)F)cs1. The third-order valence-electron chi connectivity index (χ3n) is 3.68. The summed E-state index contributed by atoms with van der Waals surface area (Å²) < 4.78 is 37.6. The molecule has 0 aliphatic heterocycles. The van der Waals surface area contributed by atoms with Gasteiger partial charge < -0.3 is 10.6 Å². The molecule has 1 rings (SSSR count). The van der Waals surface area contributed by atoms with Gasteiger partial charge in [0.2, 0.25) is 0 Å². The highest BCUT2D eigenvalue weighted by atomic mass is 32.1. The van der Waals surface area contributed by atoms with Gasteiger partial charge in [-0.15, -0.1) is 11.3 Å². The van der Waals surface area contributed by atoms with E-state index in [1.165, 1.54) is 0 Å². The molecule has 0 radical (unpaired) electrons. The largest absolute Gasteiger partial charge is 0.434 e. The van der Waals surface area contributed by atoms with Crippen molar-refractivity contribution in [1.82, 2.24) is 20.5 Å². The van der Waals surface area contributed by atoms with E-state index in [-0.39, 0.29) is 6.54 Å². The number of hydrogen-bond donors (Lipinski definition) is 2. The lowest BCUT2D eigenvalue weighted by Crippen LogP contribution is -2.41. The predicted molar refractivity (Wildman–Crippen MR) is 96.9 cm³/mol. The summed E-state index contributed by atoms with van der Waals surface area (Å²) in [6.07, 6.45) is -3.44. The number of nitrogens with zero attached hydrogens (tertiary/aromatic N) is 3. The van der Waals surface area contributed by atoms with Gasteiger partial charge in [0.15, 0.2) is 11.7 Å².